The summed E-state index contributed by atoms with van der Waals surface area (Å²) in [4.78, 5) is 4.32. The summed E-state index contributed by atoms with van der Waals surface area (Å²) in [6.07, 6.45) is -0.368. The van der Waals surface area contributed by atoms with Crippen LogP contribution in [-0.4, -0.2) is 67.5 Å². The number of hydrogen-bond acceptors (Lipinski definition) is 5. The zero-order chi connectivity index (χ0) is 15.1. The Kier molecular flexibility index (Phi) is 6.15. The zero-order valence-corrected chi connectivity index (χ0v) is 12.5. The standard InChI is InChI=1S/C16H23N3O2/c1-18(11-15-4-2-3-14(9-15)10-17)12-16(20)13-19-5-7-21-8-6-19/h2-4,9,16,20H,5-8,11-13H2,1H3. The summed E-state index contributed by atoms with van der Waals surface area (Å²) >= 11 is 0. The molecule has 0 aromatic heterocycles. The minimum Gasteiger partial charge on any atom is -0.390 e. The van der Waals surface area contributed by atoms with Gasteiger partial charge in [0.2, 0.25) is 0 Å². The van der Waals surface area contributed by atoms with Crippen molar-refractivity contribution in [1.29, 1.82) is 5.26 Å². The summed E-state index contributed by atoms with van der Waals surface area (Å²) in [7, 11) is 1.99. The monoisotopic (exact) mass is 289 g/mol. The highest BCUT2D eigenvalue weighted by molar-refractivity contribution is 5.32. The van der Waals surface area contributed by atoms with Crippen LogP contribution in [0.15, 0.2) is 24.3 Å². The molecule has 1 saturated heterocycles. The molecule has 1 fully saturated rings. The van der Waals surface area contributed by atoms with E-state index in [-0.39, 0.29) is 6.10 Å². The SMILES string of the molecule is CN(Cc1cccc(C#N)c1)CC(O)CN1CCOCC1. The topological polar surface area (TPSA) is 59.7 Å². The molecule has 1 atom stereocenters. The lowest BCUT2D eigenvalue weighted by molar-refractivity contribution is 0.00825. The summed E-state index contributed by atoms with van der Waals surface area (Å²) in [5.41, 5.74) is 1.77. The number of likely N-dealkylation sites (N-methyl/N-ethyl adjacent to an activating group) is 1. The van der Waals surface area contributed by atoms with Crippen LogP contribution in [0.2, 0.25) is 0 Å². The van der Waals surface area contributed by atoms with Gasteiger partial charge in [-0.1, -0.05) is 12.1 Å². The number of β-amino-alcohol motifs (C(OH)–C–C–N with tert-alkyl or cyclic N) is 1. The summed E-state index contributed by atoms with van der Waals surface area (Å²) < 4.78 is 5.30. The van der Waals surface area contributed by atoms with E-state index in [1.807, 2.05) is 25.2 Å². The maximum Gasteiger partial charge on any atom is 0.0991 e. The van der Waals surface area contributed by atoms with Gasteiger partial charge in [-0.25, -0.2) is 0 Å². The smallest absolute Gasteiger partial charge is 0.0991 e. The van der Waals surface area contributed by atoms with Gasteiger partial charge in [-0.05, 0) is 24.7 Å². The lowest BCUT2D eigenvalue weighted by atomic mass is 10.1. The Balaban J connectivity index is 1.77. The molecule has 1 N–H and O–H groups in total. The van der Waals surface area contributed by atoms with Crippen molar-refractivity contribution >= 4 is 0 Å². The van der Waals surface area contributed by atoms with Gasteiger partial charge in [-0.3, -0.25) is 9.80 Å². The normalized spacial score (nSPS) is 17.6. The highest BCUT2D eigenvalue weighted by atomic mass is 16.5. The molecule has 1 aliphatic rings. The molecule has 0 saturated carbocycles. The molecule has 0 aliphatic carbocycles. The van der Waals surface area contributed by atoms with Crippen molar-refractivity contribution in [3.63, 3.8) is 0 Å². The van der Waals surface area contributed by atoms with E-state index in [1.54, 1.807) is 6.07 Å². The van der Waals surface area contributed by atoms with E-state index in [0.29, 0.717) is 18.7 Å². The van der Waals surface area contributed by atoms with Crippen molar-refractivity contribution in [2.45, 2.75) is 12.6 Å². The van der Waals surface area contributed by atoms with Crippen LogP contribution in [0.5, 0.6) is 0 Å². The van der Waals surface area contributed by atoms with Gasteiger partial charge in [-0.15, -0.1) is 0 Å². The summed E-state index contributed by atoms with van der Waals surface area (Å²) in [5.74, 6) is 0. The first-order valence-corrected chi connectivity index (χ1v) is 7.33. The van der Waals surface area contributed by atoms with Gasteiger partial charge in [0.15, 0.2) is 0 Å². The number of ether oxygens (including phenoxy) is 1. The Morgan fingerprint density at radius 3 is 2.90 bits per heavy atom. The molecular formula is C16H23N3O2. The molecule has 0 spiro atoms. The Morgan fingerprint density at radius 2 is 2.19 bits per heavy atom. The number of hydrogen-bond donors (Lipinski definition) is 1. The van der Waals surface area contributed by atoms with E-state index in [9.17, 15) is 5.11 Å². The second-order valence-electron chi connectivity index (χ2n) is 5.58. The molecule has 1 aromatic rings. The Bertz CT molecular complexity index is 481. The van der Waals surface area contributed by atoms with Crippen LogP contribution >= 0.6 is 0 Å². The predicted molar refractivity (Wildman–Crippen MR) is 80.8 cm³/mol. The zero-order valence-electron chi connectivity index (χ0n) is 12.5. The van der Waals surface area contributed by atoms with E-state index < -0.39 is 0 Å². The predicted octanol–water partition coefficient (Wildman–Crippen LogP) is 0.683. The molecule has 1 heterocycles. The van der Waals surface area contributed by atoms with Crippen LogP contribution < -0.4 is 0 Å². The fourth-order valence-electron chi connectivity index (χ4n) is 2.61. The molecule has 114 valence electrons. The highest BCUT2D eigenvalue weighted by Gasteiger charge is 2.16. The van der Waals surface area contributed by atoms with Gasteiger partial charge >= 0.3 is 0 Å². The first-order chi connectivity index (χ1) is 10.2. The summed E-state index contributed by atoms with van der Waals surface area (Å²) in [6, 6.07) is 9.75. The number of rotatable bonds is 6. The quantitative estimate of drug-likeness (QED) is 0.834. The third kappa shape index (κ3) is 5.44. The lowest BCUT2D eigenvalue weighted by Crippen LogP contribution is -2.43. The molecule has 0 bridgehead atoms. The van der Waals surface area contributed by atoms with E-state index in [2.05, 4.69) is 15.9 Å². The second kappa shape index (κ2) is 8.11. The highest BCUT2D eigenvalue weighted by Crippen LogP contribution is 2.08. The van der Waals surface area contributed by atoms with Crippen molar-refractivity contribution in [3.8, 4) is 6.07 Å². The largest absolute Gasteiger partial charge is 0.390 e. The van der Waals surface area contributed by atoms with Crippen LogP contribution in [0.25, 0.3) is 0 Å². The molecule has 5 heteroatoms. The van der Waals surface area contributed by atoms with Crippen molar-refractivity contribution < 1.29 is 9.84 Å². The Labute approximate surface area is 126 Å². The van der Waals surface area contributed by atoms with E-state index in [0.717, 1.165) is 38.4 Å². The summed E-state index contributed by atoms with van der Waals surface area (Å²) in [5, 5.41) is 19.1. The molecule has 0 amide bonds. The maximum absolute atomic E-state index is 10.2. The van der Waals surface area contributed by atoms with E-state index in [1.165, 1.54) is 0 Å². The number of benzene rings is 1. The Hall–Kier alpha value is -1.45. The first kappa shape index (κ1) is 15.9. The molecule has 2 rings (SSSR count). The second-order valence-corrected chi connectivity index (χ2v) is 5.58. The van der Waals surface area contributed by atoms with Gasteiger partial charge in [0.05, 0.1) is 31.0 Å². The molecule has 1 aromatic carbocycles. The van der Waals surface area contributed by atoms with Gasteiger partial charge in [-0.2, -0.15) is 5.26 Å². The molecule has 5 nitrogen and oxygen atoms in total. The van der Waals surface area contributed by atoms with Crippen molar-refractivity contribution in [3.05, 3.63) is 35.4 Å². The molecular weight excluding hydrogens is 266 g/mol. The average Bonchev–Trinajstić information content (AvgIpc) is 2.48. The fourth-order valence-corrected chi connectivity index (χ4v) is 2.61. The molecule has 1 unspecified atom stereocenters. The summed E-state index contributed by atoms with van der Waals surface area (Å²) in [6.45, 7) is 5.33. The number of aliphatic hydroxyl groups excluding tert-OH is 1. The van der Waals surface area contributed by atoms with E-state index in [4.69, 9.17) is 10.00 Å². The van der Waals surface area contributed by atoms with Crippen LogP contribution in [0.1, 0.15) is 11.1 Å². The van der Waals surface area contributed by atoms with E-state index >= 15 is 0 Å². The van der Waals surface area contributed by atoms with Gasteiger partial charge in [0.25, 0.3) is 0 Å². The van der Waals surface area contributed by atoms with Crippen LogP contribution in [0.4, 0.5) is 0 Å². The third-order valence-corrected chi connectivity index (χ3v) is 3.60. The maximum atomic E-state index is 10.2. The Morgan fingerprint density at radius 1 is 1.43 bits per heavy atom. The van der Waals surface area contributed by atoms with Crippen LogP contribution in [0, 0.1) is 11.3 Å². The number of morpholine rings is 1. The number of nitrogens with zero attached hydrogens (tertiary/aromatic N) is 3. The fraction of sp³-hybridized carbons (Fsp3) is 0.562. The van der Waals surface area contributed by atoms with Gasteiger partial charge in [0.1, 0.15) is 0 Å². The van der Waals surface area contributed by atoms with Gasteiger partial charge in [0, 0.05) is 32.7 Å². The minimum atomic E-state index is -0.368. The average molecular weight is 289 g/mol. The molecule has 0 radical (unpaired) electrons. The van der Waals surface area contributed by atoms with Crippen LogP contribution in [0.3, 0.4) is 0 Å². The van der Waals surface area contributed by atoms with Crippen molar-refractivity contribution in [1.82, 2.24) is 9.80 Å². The minimum absolute atomic E-state index is 0.368. The molecule has 1 aliphatic heterocycles. The van der Waals surface area contributed by atoms with Crippen LogP contribution in [-0.2, 0) is 11.3 Å². The lowest BCUT2D eigenvalue weighted by Gasteiger charge is -2.30. The number of nitriles is 1. The first-order valence-electron chi connectivity index (χ1n) is 7.33. The third-order valence-electron chi connectivity index (χ3n) is 3.60. The van der Waals surface area contributed by atoms with Crippen molar-refractivity contribution in [2.24, 2.45) is 0 Å². The van der Waals surface area contributed by atoms with Gasteiger partial charge < -0.3 is 9.84 Å². The van der Waals surface area contributed by atoms with Crippen molar-refractivity contribution in [2.75, 3.05) is 46.4 Å². The number of aliphatic hydroxyl groups is 1. The molecule has 21 heavy (non-hydrogen) atoms.